The second-order valence-electron chi connectivity index (χ2n) is 18.1. The SMILES string of the molecule is CC1(C)c2cc(-c3ccc4c(c3)c3ccccc3n4-c3ccc4cc5cc6sc7ccccc7c6cc5cc4c3)ccc2-c2ccc(-c3c4ccccc4cc4ccccc34)cc21. The first-order chi connectivity index (χ1) is 30.9. The smallest absolute Gasteiger partial charge is 0.0541 e. The van der Waals surface area contributed by atoms with E-state index < -0.39 is 0 Å². The molecule has 0 saturated carbocycles. The van der Waals surface area contributed by atoms with Gasteiger partial charge in [-0.3, -0.25) is 0 Å². The largest absolute Gasteiger partial charge is 0.309 e. The third kappa shape index (κ3) is 5.04. The first-order valence-electron chi connectivity index (χ1n) is 22.0. The Kier molecular flexibility index (Phi) is 7.12. The predicted molar refractivity (Wildman–Crippen MR) is 272 cm³/mol. The first-order valence-corrected chi connectivity index (χ1v) is 22.8. The van der Waals surface area contributed by atoms with Crippen LogP contribution < -0.4 is 0 Å². The van der Waals surface area contributed by atoms with E-state index in [0.717, 1.165) is 0 Å². The van der Waals surface area contributed by atoms with Crippen LogP contribution in [-0.2, 0) is 5.41 Å². The van der Waals surface area contributed by atoms with E-state index in [9.17, 15) is 0 Å². The van der Waals surface area contributed by atoms with E-state index in [-0.39, 0.29) is 5.41 Å². The van der Waals surface area contributed by atoms with Crippen molar-refractivity contribution < 1.29 is 0 Å². The van der Waals surface area contributed by atoms with Gasteiger partial charge in [0.15, 0.2) is 0 Å². The van der Waals surface area contributed by atoms with E-state index in [1.54, 1.807) is 0 Å². The van der Waals surface area contributed by atoms with Crippen molar-refractivity contribution in [2.75, 3.05) is 0 Å². The standard InChI is InChI=1S/C61H39NS/c1-61(2)54-33-38(20-24-48(54)49-25-21-41(34-55(49)61)60-46-13-5-3-11-39(46)28-40-12-4-6-14-47(40)60)37-22-26-57-52(31-37)50-15-7-9-17-56(50)62(57)45-23-19-36-27-44-35-59-53(32-43(44)29-42(36)30-45)51-16-8-10-18-58(51)63-59/h3-35H,1-2H3. The Hall–Kier alpha value is -7.52. The fraction of sp³-hybridized carbons (Fsp3) is 0.0492. The molecule has 0 amide bonds. The topological polar surface area (TPSA) is 4.93 Å². The van der Waals surface area contributed by atoms with Crippen LogP contribution in [0.2, 0.25) is 0 Å². The molecule has 0 unspecified atom stereocenters. The van der Waals surface area contributed by atoms with Gasteiger partial charge >= 0.3 is 0 Å². The molecule has 2 heterocycles. The number of rotatable bonds is 3. The lowest BCUT2D eigenvalue weighted by Crippen LogP contribution is -2.15. The summed E-state index contributed by atoms with van der Waals surface area (Å²) >= 11 is 1.88. The Morgan fingerprint density at radius 3 is 1.71 bits per heavy atom. The summed E-state index contributed by atoms with van der Waals surface area (Å²) in [6.45, 7) is 4.81. The van der Waals surface area contributed by atoms with Crippen molar-refractivity contribution in [3.63, 3.8) is 0 Å². The van der Waals surface area contributed by atoms with Crippen molar-refractivity contribution in [2.45, 2.75) is 19.3 Å². The number of para-hydroxylation sites is 1. The van der Waals surface area contributed by atoms with Gasteiger partial charge in [-0.2, -0.15) is 0 Å². The molecule has 0 bridgehead atoms. The fourth-order valence-electron chi connectivity index (χ4n) is 11.2. The van der Waals surface area contributed by atoms with Crippen LogP contribution in [0.1, 0.15) is 25.0 Å². The minimum absolute atomic E-state index is 0.165. The molecule has 13 aromatic rings. The number of nitrogens with zero attached hydrogens (tertiary/aromatic N) is 1. The quantitative estimate of drug-likeness (QED) is 0.157. The molecule has 0 fully saturated rings. The van der Waals surface area contributed by atoms with Crippen molar-refractivity contribution in [3.05, 3.63) is 211 Å². The molecule has 11 aromatic carbocycles. The van der Waals surface area contributed by atoms with Crippen molar-refractivity contribution >= 4 is 96.4 Å². The first kappa shape index (κ1) is 35.1. The lowest BCUT2D eigenvalue weighted by atomic mass is 9.80. The second-order valence-corrected chi connectivity index (χ2v) is 19.2. The summed E-state index contributed by atoms with van der Waals surface area (Å²) in [5, 5.41) is 15.4. The molecule has 0 spiro atoms. The number of fused-ring (bicyclic) bond motifs is 13. The summed E-state index contributed by atoms with van der Waals surface area (Å²) in [5.74, 6) is 0. The molecule has 2 heteroatoms. The van der Waals surface area contributed by atoms with Gasteiger partial charge in [0.1, 0.15) is 0 Å². The molecule has 0 atom stereocenters. The Labute approximate surface area is 368 Å². The third-order valence-corrected chi connectivity index (χ3v) is 15.4. The average Bonchev–Trinajstić information content (AvgIpc) is 3.93. The summed E-state index contributed by atoms with van der Waals surface area (Å²) in [6.07, 6.45) is 0. The Morgan fingerprint density at radius 1 is 0.349 bits per heavy atom. The van der Waals surface area contributed by atoms with Crippen molar-refractivity contribution in [2.24, 2.45) is 0 Å². The van der Waals surface area contributed by atoms with Gasteiger partial charge in [-0.1, -0.05) is 135 Å². The maximum atomic E-state index is 2.48. The molecule has 0 radical (unpaired) electrons. The molecule has 14 rings (SSSR count). The number of hydrogen-bond donors (Lipinski definition) is 0. The third-order valence-electron chi connectivity index (χ3n) is 14.3. The van der Waals surface area contributed by atoms with E-state index in [4.69, 9.17) is 0 Å². The highest BCUT2D eigenvalue weighted by atomic mass is 32.1. The Morgan fingerprint density at radius 2 is 0.921 bits per heavy atom. The molecule has 1 aliphatic carbocycles. The van der Waals surface area contributed by atoms with Gasteiger partial charge in [0.2, 0.25) is 0 Å². The van der Waals surface area contributed by atoms with Gasteiger partial charge in [-0.25, -0.2) is 0 Å². The van der Waals surface area contributed by atoms with Crippen molar-refractivity contribution in [3.8, 4) is 39.1 Å². The highest BCUT2D eigenvalue weighted by Gasteiger charge is 2.36. The predicted octanol–water partition coefficient (Wildman–Crippen LogP) is 17.4. The summed E-state index contributed by atoms with van der Waals surface area (Å²) in [7, 11) is 0. The molecule has 0 N–H and O–H groups in total. The van der Waals surface area contributed by atoms with Crippen LogP contribution in [0.25, 0.3) is 124 Å². The van der Waals surface area contributed by atoms with Gasteiger partial charge < -0.3 is 4.57 Å². The van der Waals surface area contributed by atoms with E-state index in [1.807, 2.05) is 11.3 Å². The van der Waals surface area contributed by atoms with Gasteiger partial charge in [0.25, 0.3) is 0 Å². The van der Waals surface area contributed by atoms with Crippen LogP contribution in [0.3, 0.4) is 0 Å². The van der Waals surface area contributed by atoms with Crippen molar-refractivity contribution in [1.82, 2.24) is 4.57 Å². The minimum atomic E-state index is -0.165. The monoisotopic (exact) mass is 817 g/mol. The van der Waals surface area contributed by atoms with Crippen molar-refractivity contribution in [1.29, 1.82) is 0 Å². The Bertz CT molecular complexity index is 4070. The summed E-state index contributed by atoms with van der Waals surface area (Å²) in [6, 6.07) is 75.5. The number of benzene rings is 11. The second kappa shape index (κ2) is 12.8. The summed E-state index contributed by atoms with van der Waals surface area (Å²) in [4.78, 5) is 0. The summed E-state index contributed by atoms with van der Waals surface area (Å²) in [5.41, 5.74) is 14.0. The maximum absolute atomic E-state index is 2.48. The van der Waals surface area contributed by atoms with E-state index >= 15 is 0 Å². The lowest BCUT2D eigenvalue weighted by molar-refractivity contribution is 0.661. The molecular weight excluding hydrogens is 779 g/mol. The zero-order valence-corrected chi connectivity index (χ0v) is 35.7. The Balaban J connectivity index is 0.867. The van der Waals surface area contributed by atoms with E-state index in [0.29, 0.717) is 0 Å². The van der Waals surface area contributed by atoms with E-state index in [1.165, 1.54) is 135 Å². The minimum Gasteiger partial charge on any atom is -0.309 e. The highest BCUT2D eigenvalue weighted by molar-refractivity contribution is 7.25. The number of hydrogen-bond acceptors (Lipinski definition) is 1. The highest BCUT2D eigenvalue weighted by Crippen LogP contribution is 2.52. The molecular formula is C61H39NS. The van der Waals surface area contributed by atoms with Gasteiger partial charge in [0, 0.05) is 42.0 Å². The van der Waals surface area contributed by atoms with Crippen LogP contribution in [0.4, 0.5) is 0 Å². The van der Waals surface area contributed by atoms with Crippen LogP contribution in [0.5, 0.6) is 0 Å². The van der Waals surface area contributed by atoms with Crippen LogP contribution >= 0.6 is 11.3 Å². The molecule has 0 aliphatic heterocycles. The molecule has 2 aromatic heterocycles. The molecule has 0 saturated heterocycles. The molecule has 1 nitrogen and oxygen atoms in total. The molecule has 63 heavy (non-hydrogen) atoms. The van der Waals surface area contributed by atoms with Gasteiger partial charge in [-0.05, 0) is 166 Å². The van der Waals surface area contributed by atoms with Crippen LogP contribution in [-0.4, -0.2) is 4.57 Å². The number of thiophene rings is 1. The molecule has 294 valence electrons. The maximum Gasteiger partial charge on any atom is 0.0541 e. The lowest BCUT2D eigenvalue weighted by Gasteiger charge is -2.23. The van der Waals surface area contributed by atoms with Crippen LogP contribution in [0, 0.1) is 0 Å². The molecule has 1 aliphatic rings. The summed E-state index contributed by atoms with van der Waals surface area (Å²) < 4.78 is 5.14. The zero-order valence-electron chi connectivity index (χ0n) is 34.9. The average molecular weight is 818 g/mol. The fourth-order valence-corrected chi connectivity index (χ4v) is 12.3. The van der Waals surface area contributed by atoms with Gasteiger partial charge in [0.05, 0.1) is 11.0 Å². The van der Waals surface area contributed by atoms with Gasteiger partial charge in [-0.15, -0.1) is 11.3 Å². The number of aromatic nitrogens is 1. The van der Waals surface area contributed by atoms with Crippen LogP contribution in [0.15, 0.2) is 200 Å². The zero-order chi connectivity index (χ0) is 41.6. The van der Waals surface area contributed by atoms with E-state index in [2.05, 4.69) is 219 Å². The normalized spacial score (nSPS) is 13.4.